The molecule has 1 aliphatic rings. The first kappa shape index (κ1) is 14.3. The van der Waals surface area contributed by atoms with E-state index in [9.17, 15) is 9.59 Å². The smallest absolute Gasteiger partial charge is 0.233 e. The molecule has 1 aromatic heterocycles. The molecule has 1 amide bonds. The highest BCUT2D eigenvalue weighted by molar-refractivity contribution is 6.12. The quantitative estimate of drug-likeness (QED) is 0.481. The maximum Gasteiger partial charge on any atom is 0.233 e. The van der Waals surface area contributed by atoms with Gasteiger partial charge in [0.25, 0.3) is 0 Å². The summed E-state index contributed by atoms with van der Waals surface area (Å²) in [6.45, 7) is 4.07. The lowest BCUT2D eigenvalue weighted by atomic mass is 9.83. The van der Waals surface area contributed by atoms with E-state index in [1.807, 2.05) is 0 Å². The van der Waals surface area contributed by atoms with Gasteiger partial charge in [-0.1, -0.05) is 6.08 Å². The van der Waals surface area contributed by atoms with Crippen LogP contribution in [0.5, 0.6) is 0 Å². The van der Waals surface area contributed by atoms with Crippen molar-refractivity contribution < 1.29 is 14.0 Å². The van der Waals surface area contributed by atoms with Crippen molar-refractivity contribution in [2.75, 3.05) is 13.6 Å². The summed E-state index contributed by atoms with van der Waals surface area (Å²) in [6, 6.07) is 3.58. The number of carbonyl (C=O) groups excluding carboxylic acids is 2. The summed E-state index contributed by atoms with van der Waals surface area (Å²) in [5.41, 5.74) is 0.677. The minimum atomic E-state index is -0.560. The average Bonchev–Trinajstić information content (AvgIpc) is 2.93. The van der Waals surface area contributed by atoms with Crippen LogP contribution in [-0.2, 0) is 9.59 Å². The van der Waals surface area contributed by atoms with Gasteiger partial charge in [-0.2, -0.15) is 0 Å². The van der Waals surface area contributed by atoms with Gasteiger partial charge in [-0.3, -0.25) is 9.59 Å². The van der Waals surface area contributed by atoms with Crippen LogP contribution < -0.4 is 0 Å². The summed E-state index contributed by atoms with van der Waals surface area (Å²) in [4.78, 5) is 26.2. The zero-order valence-corrected chi connectivity index (χ0v) is 11.7. The summed E-state index contributed by atoms with van der Waals surface area (Å²) in [5.74, 6) is -0.107. The molecule has 0 radical (unpaired) electrons. The molecule has 1 unspecified atom stereocenters. The van der Waals surface area contributed by atoms with Gasteiger partial charge in [0.05, 0.1) is 6.26 Å². The van der Waals surface area contributed by atoms with E-state index < -0.39 is 5.92 Å². The van der Waals surface area contributed by atoms with Crippen LogP contribution in [0.15, 0.2) is 41.0 Å². The number of hydrogen-bond acceptors (Lipinski definition) is 3. The fourth-order valence-electron chi connectivity index (χ4n) is 2.45. The number of hydrogen-bond donors (Lipinski definition) is 0. The van der Waals surface area contributed by atoms with Crippen LogP contribution in [0.25, 0.3) is 6.08 Å². The van der Waals surface area contributed by atoms with Crippen molar-refractivity contribution in [1.82, 2.24) is 4.90 Å². The topological polar surface area (TPSA) is 50.5 Å². The molecule has 0 bridgehead atoms. The lowest BCUT2D eigenvalue weighted by Gasteiger charge is -2.26. The number of ketones is 1. The third-order valence-electron chi connectivity index (χ3n) is 3.51. The van der Waals surface area contributed by atoms with Crippen molar-refractivity contribution in [1.29, 1.82) is 0 Å². The van der Waals surface area contributed by atoms with Crippen molar-refractivity contribution in [3.05, 3.63) is 42.4 Å². The Morgan fingerprint density at radius 1 is 1.60 bits per heavy atom. The Balaban J connectivity index is 2.14. The molecule has 1 fully saturated rings. The molecule has 1 heterocycles. The highest BCUT2D eigenvalue weighted by Gasteiger charge is 2.33. The predicted octanol–water partition coefficient (Wildman–Crippen LogP) is 2.68. The molecule has 0 spiro atoms. The van der Waals surface area contributed by atoms with E-state index in [2.05, 4.69) is 6.58 Å². The van der Waals surface area contributed by atoms with Gasteiger partial charge in [-0.25, -0.2) is 0 Å². The summed E-state index contributed by atoms with van der Waals surface area (Å²) in [6.07, 6.45) is 7.14. The number of rotatable bonds is 4. The largest absolute Gasteiger partial charge is 0.465 e. The first-order chi connectivity index (χ1) is 9.63. The monoisotopic (exact) mass is 273 g/mol. The summed E-state index contributed by atoms with van der Waals surface area (Å²) in [7, 11) is 1.70. The highest BCUT2D eigenvalue weighted by Crippen LogP contribution is 2.28. The van der Waals surface area contributed by atoms with E-state index in [-0.39, 0.29) is 11.7 Å². The lowest BCUT2D eigenvalue weighted by molar-refractivity contribution is -0.139. The minimum Gasteiger partial charge on any atom is -0.465 e. The maximum absolute atomic E-state index is 12.4. The summed E-state index contributed by atoms with van der Waals surface area (Å²) >= 11 is 0. The molecule has 1 aromatic rings. The molecule has 106 valence electrons. The first-order valence-electron chi connectivity index (χ1n) is 6.77. The first-order valence-corrected chi connectivity index (χ1v) is 6.77. The Labute approximate surface area is 118 Å². The van der Waals surface area contributed by atoms with Gasteiger partial charge in [0.1, 0.15) is 11.7 Å². The Bertz CT molecular complexity index is 528. The molecule has 0 aromatic carbocycles. The molecule has 0 N–H and O–H groups in total. The molecule has 1 saturated carbocycles. The lowest BCUT2D eigenvalue weighted by Crippen LogP contribution is -2.39. The van der Waals surface area contributed by atoms with Gasteiger partial charge in [0.2, 0.25) is 5.91 Å². The van der Waals surface area contributed by atoms with Crippen LogP contribution in [0.4, 0.5) is 0 Å². The fraction of sp³-hybridized carbons (Fsp3) is 0.375. The van der Waals surface area contributed by atoms with Crippen molar-refractivity contribution in [3.63, 3.8) is 0 Å². The van der Waals surface area contributed by atoms with Crippen LogP contribution in [0.2, 0.25) is 0 Å². The van der Waals surface area contributed by atoms with E-state index in [1.54, 1.807) is 42.5 Å². The molecule has 0 saturated heterocycles. The maximum atomic E-state index is 12.4. The van der Waals surface area contributed by atoms with Crippen LogP contribution in [0.1, 0.15) is 25.0 Å². The molecule has 1 aliphatic carbocycles. The molecule has 1 atom stereocenters. The molecule has 0 aliphatic heterocycles. The van der Waals surface area contributed by atoms with Crippen molar-refractivity contribution >= 4 is 17.8 Å². The summed E-state index contributed by atoms with van der Waals surface area (Å²) in [5, 5.41) is 0. The fourth-order valence-corrected chi connectivity index (χ4v) is 2.45. The Kier molecular flexibility index (Phi) is 4.56. The van der Waals surface area contributed by atoms with Crippen molar-refractivity contribution in [3.8, 4) is 0 Å². The predicted molar refractivity (Wildman–Crippen MR) is 76.9 cm³/mol. The van der Waals surface area contributed by atoms with E-state index in [1.165, 1.54) is 0 Å². The van der Waals surface area contributed by atoms with Gasteiger partial charge in [0.15, 0.2) is 5.78 Å². The van der Waals surface area contributed by atoms with Crippen LogP contribution in [-0.4, -0.2) is 30.2 Å². The van der Waals surface area contributed by atoms with Gasteiger partial charge >= 0.3 is 0 Å². The SMILES string of the molecule is C=CCN(C)C(=O)C1CCC/C(=C\c2ccco2)C1=O. The van der Waals surface area contributed by atoms with Crippen molar-refractivity contribution in [2.45, 2.75) is 19.3 Å². The molecule has 20 heavy (non-hydrogen) atoms. The van der Waals surface area contributed by atoms with E-state index in [0.29, 0.717) is 30.7 Å². The summed E-state index contributed by atoms with van der Waals surface area (Å²) < 4.78 is 5.23. The molecule has 2 rings (SSSR count). The Morgan fingerprint density at radius 2 is 2.40 bits per heavy atom. The van der Waals surface area contributed by atoms with Gasteiger partial charge in [0, 0.05) is 13.6 Å². The van der Waals surface area contributed by atoms with Crippen LogP contribution >= 0.6 is 0 Å². The zero-order chi connectivity index (χ0) is 14.5. The van der Waals surface area contributed by atoms with Crippen LogP contribution in [0, 0.1) is 5.92 Å². The highest BCUT2D eigenvalue weighted by atomic mass is 16.3. The second-order valence-electron chi connectivity index (χ2n) is 5.00. The molecular weight excluding hydrogens is 254 g/mol. The number of carbonyl (C=O) groups is 2. The number of likely N-dealkylation sites (N-methyl/N-ethyl adjacent to an activating group) is 1. The third kappa shape index (κ3) is 3.07. The normalized spacial score (nSPS) is 20.9. The third-order valence-corrected chi connectivity index (χ3v) is 3.51. The van der Waals surface area contributed by atoms with Gasteiger partial charge < -0.3 is 9.32 Å². The Hall–Kier alpha value is -2.10. The Morgan fingerprint density at radius 3 is 3.05 bits per heavy atom. The number of Topliss-reactive ketones (excluding diaryl/α,β-unsaturated/α-hetero) is 1. The van der Waals surface area contributed by atoms with Gasteiger partial charge in [-0.05, 0) is 43.0 Å². The molecule has 4 heteroatoms. The van der Waals surface area contributed by atoms with E-state index in [4.69, 9.17) is 4.42 Å². The number of nitrogens with zero attached hydrogens (tertiary/aromatic N) is 1. The minimum absolute atomic E-state index is 0.0754. The number of amides is 1. The van der Waals surface area contributed by atoms with Gasteiger partial charge in [-0.15, -0.1) is 6.58 Å². The second kappa shape index (κ2) is 6.37. The standard InChI is InChI=1S/C16H19NO3/c1-3-9-17(2)16(19)14-8-4-6-12(15(14)18)11-13-7-5-10-20-13/h3,5,7,10-11,14H,1,4,6,8-9H2,2H3/b12-11+. The zero-order valence-electron chi connectivity index (χ0n) is 11.7. The van der Waals surface area contributed by atoms with E-state index >= 15 is 0 Å². The molecule has 4 nitrogen and oxygen atoms in total. The van der Waals surface area contributed by atoms with Crippen molar-refractivity contribution in [2.24, 2.45) is 5.92 Å². The number of allylic oxidation sites excluding steroid dienone is 1. The second-order valence-corrected chi connectivity index (χ2v) is 5.00. The van der Waals surface area contributed by atoms with Crippen LogP contribution in [0.3, 0.4) is 0 Å². The van der Waals surface area contributed by atoms with E-state index in [0.717, 1.165) is 6.42 Å². The number of furan rings is 1. The average molecular weight is 273 g/mol. The molecular formula is C16H19NO3.